The number of rotatable bonds is 6. The van der Waals surface area contributed by atoms with Crippen molar-refractivity contribution in [3.8, 4) is 22.8 Å². The highest BCUT2D eigenvalue weighted by molar-refractivity contribution is 5.90. The second kappa shape index (κ2) is 7.75. The Hall–Kier alpha value is -3.29. The molecule has 0 aliphatic rings. The highest BCUT2D eigenvalue weighted by Gasteiger charge is 2.14. The highest BCUT2D eigenvalue weighted by Crippen LogP contribution is 2.32. The van der Waals surface area contributed by atoms with Gasteiger partial charge in [0.1, 0.15) is 5.75 Å². The van der Waals surface area contributed by atoms with Crippen molar-refractivity contribution in [1.29, 1.82) is 0 Å². The number of aliphatic hydroxyl groups excluding tert-OH is 1. The molecule has 0 aliphatic heterocycles. The molecule has 0 amide bonds. The minimum absolute atomic E-state index is 0.126. The molecule has 0 atom stereocenters. The normalized spacial score (nSPS) is 11.1. The molecular weight excluding hydrogens is 354 g/mol. The fourth-order valence-corrected chi connectivity index (χ4v) is 3.19. The summed E-state index contributed by atoms with van der Waals surface area (Å²) in [7, 11) is 1.64. The number of hydrogen-bond acceptors (Lipinski definition) is 6. The summed E-state index contributed by atoms with van der Waals surface area (Å²) in [5, 5.41) is 14.8. The quantitative estimate of drug-likeness (QED) is 0.537. The first-order chi connectivity index (χ1) is 13.7. The lowest BCUT2D eigenvalue weighted by molar-refractivity contribution is 0.276. The van der Waals surface area contributed by atoms with E-state index in [2.05, 4.69) is 10.1 Å². The molecule has 0 bridgehead atoms. The zero-order valence-electron chi connectivity index (χ0n) is 15.5. The third-order valence-corrected chi connectivity index (χ3v) is 4.54. The number of ether oxygens (including phenoxy) is 1. The molecule has 0 fully saturated rings. The Balaban J connectivity index is 1.89. The molecule has 28 heavy (non-hydrogen) atoms. The van der Waals surface area contributed by atoms with Gasteiger partial charge in [0, 0.05) is 17.7 Å². The number of nitrogens with two attached hydrogens (primary N) is 1. The number of aromatic nitrogens is 4. The molecule has 142 valence electrons. The van der Waals surface area contributed by atoms with Crippen LogP contribution < -0.4 is 10.5 Å². The lowest BCUT2D eigenvalue weighted by Crippen LogP contribution is -2.04. The van der Waals surface area contributed by atoms with Crippen LogP contribution >= 0.6 is 0 Å². The van der Waals surface area contributed by atoms with Crippen LogP contribution in [0.4, 0.5) is 0 Å². The molecule has 7 heteroatoms. The third kappa shape index (κ3) is 3.33. The van der Waals surface area contributed by atoms with Gasteiger partial charge in [0.15, 0.2) is 5.82 Å². The van der Waals surface area contributed by atoms with Gasteiger partial charge in [-0.15, -0.1) is 0 Å². The molecule has 3 N–H and O–H groups in total. The number of nitrogens with zero attached hydrogens (tertiary/aromatic N) is 4. The zero-order chi connectivity index (χ0) is 19.5. The Kier molecular flexibility index (Phi) is 5.01. The third-order valence-electron chi connectivity index (χ3n) is 4.54. The van der Waals surface area contributed by atoms with Gasteiger partial charge in [-0.05, 0) is 42.9 Å². The summed E-state index contributed by atoms with van der Waals surface area (Å²) in [6.07, 6.45) is 2.48. The van der Waals surface area contributed by atoms with Gasteiger partial charge in [-0.3, -0.25) is 4.98 Å². The molecular formula is C21H21N5O2. The second-order valence-corrected chi connectivity index (χ2v) is 6.37. The fourth-order valence-electron chi connectivity index (χ4n) is 3.19. The summed E-state index contributed by atoms with van der Waals surface area (Å²) in [4.78, 5) is 9.18. The molecule has 3 heterocycles. The Morgan fingerprint density at radius 2 is 1.89 bits per heavy atom. The van der Waals surface area contributed by atoms with Gasteiger partial charge in [0.2, 0.25) is 0 Å². The van der Waals surface area contributed by atoms with Gasteiger partial charge in [0.05, 0.1) is 42.2 Å². The van der Waals surface area contributed by atoms with Crippen molar-refractivity contribution in [1.82, 2.24) is 19.7 Å². The summed E-state index contributed by atoms with van der Waals surface area (Å²) in [6.45, 7) is 0.428. The van der Waals surface area contributed by atoms with E-state index in [0.29, 0.717) is 23.8 Å². The molecule has 0 radical (unpaired) electrons. The van der Waals surface area contributed by atoms with Gasteiger partial charge in [-0.2, -0.15) is 5.10 Å². The monoisotopic (exact) mass is 375 g/mol. The summed E-state index contributed by atoms with van der Waals surface area (Å²) < 4.78 is 7.34. The van der Waals surface area contributed by atoms with Crippen molar-refractivity contribution < 1.29 is 9.84 Å². The number of methoxy groups -OCH3 is 1. The average molecular weight is 375 g/mol. The lowest BCUT2D eigenvalue weighted by Gasteiger charge is -2.10. The van der Waals surface area contributed by atoms with Gasteiger partial charge in [0.25, 0.3) is 0 Å². The summed E-state index contributed by atoms with van der Waals surface area (Å²) >= 11 is 0. The maximum absolute atomic E-state index is 9.39. The first kappa shape index (κ1) is 18.1. The van der Waals surface area contributed by atoms with E-state index in [0.717, 1.165) is 34.3 Å². The van der Waals surface area contributed by atoms with Crippen LogP contribution in [-0.4, -0.2) is 38.5 Å². The molecule has 4 aromatic rings. The summed E-state index contributed by atoms with van der Waals surface area (Å²) in [5.41, 5.74) is 9.81. The molecule has 0 saturated carbocycles. The van der Waals surface area contributed by atoms with Crippen molar-refractivity contribution >= 4 is 10.9 Å². The van der Waals surface area contributed by atoms with Crippen molar-refractivity contribution in [2.75, 3.05) is 13.7 Å². The van der Waals surface area contributed by atoms with E-state index in [1.807, 2.05) is 42.5 Å². The molecule has 0 spiro atoms. The Bertz CT molecular complexity index is 1120. The van der Waals surface area contributed by atoms with Gasteiger partial charge >= 0.3 is 0 Å². The van der Waals surface area contributed by atoms with Crippen LogP contribution in [0.3, 0.4) is 0 Å². The first-order valence-electron chi connectivity index (χ1n) is 9.03. The topological polar surface area (TPSA) is 99.1 Å². The van der Waals surface area contributed by atoms with E-state index in [9.17, 15) is 5.11 Å². The number of pyridine rings is 2. The Labute approximate surface area is 162 Å². The van der Waals surface area contributed by atoms with E-state index < -0.39 is 0 Å². The van der Waals surface area contributed by atoms with E-state index in [1.54, 1.807) is 24.1 Å². The summed E-state index contributed by atoms with van der Waals surface area (Å²) in [6, 6.07) is 15.4. The lowest BCUT2D eigenvalue weighted by atomic mass is 10.1. The largest absolute Gasteiger partial charge is 0.496 e. The van der Waals surface area contributed by atoms with Crippen LogP contribution in [0.5, 0.6) is 5.75 Å². The molecule has 0 aliphatic carbocycles. The molecule has 4 rings (SSSR count). The SMILES string of the molecule is COc1cc(-c2cccc(CCN)n2)cc2c1cnn2-c1cccc(CO)n1. The predicted molar refractivity (Wildman–Crippen MR) is 107 cm³/mol. The summed E-state index contributed by atoms with van der Waals surface area (Å²) in [5.74, 6) is 1.34. The minimum atomic E-state index is -0.126. The van der Waals surface area contributed by atoms with Gasteiger partial charge < -0.3 is 15.6 Å². The zero-order valence-corrected chi connectivity index (χ0v) is 15.5. The smallest absolute Gasteiger partial charge is 0.154 e. The standard InChI is InChI=1S/C21H21N5O2/c1-28-20-11-14(18-6-2-4-15(24-18)8-9-22)10-19-17(20)12-23-26(19)21-7-3-5-16(13-27)25-21/h2-7,10-12,27H,8-9,13,22H2,1H3. The van der Waals surface area contributed by atoms with E-state index >= 15 is 0 Å². The number of aliphatic hydroxyl groups is 1. The average Bonchev–Trinajstić information content (AvgIpc) is 3.17. The maximum Gasteiger partial charge on any atom is 0.154 e. The van der Waals surface area contributed by atoms with Crippen molar-refractivity contribution in [2.45, 2.75) is 13.0 Å². The number of benzene rings is 1. The van der Waals surface area contributed by atoms with Crippen molar-refractivity contribution in [2.24, 2.45) is 5.73 Å². The molecule has 3 aromatic heterocycles. The van der Waals surface area contributed by atoms with Crippen LogP contribution in [0.2, 0.25) is 0 Å². The Morgan fingerprint density at radius 1 is 1.07 bits per heavy atom. The predicted octanol–water partition coefficient (Wildman–Crippen LogP) is 2.48. The van der Waals surface area contributed by atoms with Gasteiger partial charge in [-0.1, -0.05) is 12.1 Å². The van der Waals surface area contributed by atoms with E-state index in [4.69, 9.17) is 15.5 Å². The number of fused-ring (bicyclic) bond motifs is 1. The molecule has 7 nitrogen and oxygen atoms in total. The maximum atomic E-state index is 9.39. The fraction of sp³-hybridized carbons (Fsp3) is 0.190. The number of hydrogen-bond donors (Lipinski definition) is 2. The van der Waals surface area contributed by atoms with Crippen molar-refractivity contribution in [3.05, 3.63) is 66.1 Å². The van der Waals surface area contributed by atoms with Crippen LogP contribution in [0, 0.1) is 0 Å². The molecule has 1 aromatic carbocycles. The van der Waals surface area contributed by atoms with Crippen molar-refractivity contribution in [3.63, 3.8) is 0 Å². The van der Waals surface area contributed by atoms with Crippen LogP contribution in [0.15, 0.2) is 54.7 Å². The molecule has 0 saturated heterocycles. The highest BCUT2D eigenvalue weighted by atomic mass is 16.5. The van der Waals surface area contributed by atoms with Crippen LogP contribution in [0.1, 0.15) is 11.4 Å². The van der Waals surface area contributed by atoms with Gasteiger partial charge in [-0.25, -0.2) is 9.67 Å². The Morgan fingerprint density at radius 3 is 2.68 bits per heavy atom. The van der Waals surface area contributed by atoms with E-state index in [-0.39, 0.29) is 6.61 Å². The molecule has 0 unspecified atom stereocenters. The second-order valence-electron chi connectivity index (χ2n) is 6.37. The first-order valence-corrected chi connectivity index (χ1v) is 9.03. The van der Waals surface area contributed by atoms with E-state index in [1.165, 1.54) is 0 Å². The minimum Gasteiger partial charge on any atom is -0.496 e. The van der Waals surface area contributed by atoms with Crippen LogP contribution in [0.25, 0.3) is 28.0 Å². The van der Waals surface area contributed by atoms with Crippen LogP contribution in [-0.2, 0) is 13.0 Å².